The SMILES string of the molecule is CC1CC(C)CN(CCOc2ccccc2C#N)C1. The summed E-state index contributed by atoms with van der Waals surface area (Å²) in [5, 5.41) is 9.00. The molecule has 0 N–H and O–H groups in total. The molecule has 3 nitrogen and oxygen atoms in total. The lowest BCUT2D eigenvalue weighted by molar-refractivity contribution is 0.120. The lowest BCUT2D eigenvalue weighted by Gasteiger charge is -2.34. The van der Waals surface area contributed by atoms with Crippen LogP contribution in [0.5, 0.6) is 5.75 Å². The van der Waals surface area contributed by atoms with Crippen LogP contribution in [-0.4, -0.2) is 31.1 Å². The summed E-state index contributed by atoms with van der Waals surface area (Å²) in [6.45, 7) is 8.54. The maximum absolute atomic E-state index is 9.00. The van der Waals surface area contributed by atoms with E-state index in [1.165, 1.54) is 6.42 Å². The summed E-state index contributed by atoms with van der Waals surface area (Å²) in [5.41, 5.74) is 0.614. The molecule has 2 atom stereocenters. The molecule has 2 unspecified atom stereocenters. The van der Waals surface area contributed by atoms with E-state index >= 15 is 0 Å². The molecule has 1 aliphatic rings. The van der Waals surface area contributed by atoms with Crippen LogP contribution in [0, 0.1) is 23.2 Å². The lowest BCUT2D eigenvalue weighted by atomic mass is 9.92. The van der Waals surface area contributed by atoms with Crippen molar-refractivity contribution in [3.8, 4) is 11.8 Å². The fraction of sp³-hybridized carbons (Fsp3) is 0.562. The molecule has 1 saturated heterocycles. The average Bonchev–Trinajstić information content (AvgIpc) is 2.38. The van der Waals surface area contributed by atoms with Crippen molar-refractivity contribution in [1.82, 2.24) is 4.90 Å². The van der Waals surface area contributed by atoms with Crippen LogP contribution in [0.4, 0.5) is 0 Å². The molecule has 0 amide bonds. The molecule has 1 aromatic carbocycles. The van der Waals surface area contributed by atoms with E-state index in [1.54, 1.807) is 6.07 Å². The molecule has 1 aromatic rings. The van der Waals surface area contributed by atoms with Gasteiger partial charge in [0.25, 0.3) is 0 Å². The van der Waals surface area contributed by atoms with Crippen molar-refractivity contribution in [3.63, 3.8) is 0 Å². The second-order valence-electron chi connectivity index (χ2n) is 5.66. The molecule has 0 aliphatic carbocycles. The Morgan fingerprint density at radius 1 is 1.26 bits per heavy atom. The molecule has 0 saturated carbocycles. The Morgan fingerprint density at radius 2 is 1.95 bits per heavy atom. The Morgan fingerprint density at radius 3 is 2.63 bits per heavy atom. The van der Waals surface area contributed by atoms with Crippen LogP contribution in [-0.2, 0) is 0 Å². The van der Waals surface area contributed by atoms with E-state index in [0.29, 0.717) is 17.9 Å². The van der Waals surface area contributed by atoms with Gasteiger partial charge in [0.1, 0.15) is 18.4 Å². The fourth-order valence-electron chi connectivity index (χ4n) is 2.94. The molecule has 1 aliphatic heterocycles. The number of nitrogens with zero attached hydrogens (tertiary/aromatic N) is 2. The highest BCUT2D eigenvalue weighted by Gasteiger charge is 2.21. The predicted octanol–water partition coefficient (Wildman–Crippen LogP) is 2.91. The van der Waals surface area contributed by atoms with Crippen molar-refractivity contribution >= 4 is 0 Å². The van der Waals surface area contributed by atoms with Gasteiger partial charge in [-0.3, -0.25) is 4.90 Å². The quantitative estimate of drug-likeness (QED) is 0.833. The Hall–Kier alpha value is -1.53. The molecule has 0 spiro atoms. The lowest BCUT2D eigenvalue weighted by Crippen LogP contribution is -2.40. The van der Waals surface area contributed by atoms with Crippen LogP contribution in [0.15, 0.2) is 24.3 Å². The molecule has 3 heteroatoms. The summed E-state index contributed by atoms with van der Waals surface area (Å²) in [5.74, 6) is 2.24. The summed E-state index contributed by atoms with van der Waals surface area (Å²) >= 11 is 0. The number of para-hydroxylation sites is 1. The average molecular weight is 258 g/mol. The van der Waals surface area contributed by atoms with E-state index in [9.17, 15) is 0 Å². The number of benzene rings is 1. The van der Waals surface area contributed by atoms with Crippen molar-refractivity contribution in [3.05, 3.63) is 29.8 Å². The van der Waals surface area contributed by atoms with Crippen molar-refractivity contribution < 1.29 is 4.74 Å². The molecular formula is C16H22N2O. The van der Waals surface area contributed by atoms with Crippen LogP contribution in [0.3, 0.4) is 0 Å². The standard InChI is InChI=1S/C16H22N2O/c1-13-9-14(2)12-18(11-13)7-8-19-16-6-4-3-5-15(16)10-17/h3-6,13-14H,7-9,11-12H2,1-2H3. The van der Waals surface area contributed by atoms with Crippen molar-refractivity contribution in [2.45, 2.75) is 20.3 Å². The highest BCUT2D eigenvalue weighted by Crippen LogP contribution is 2.21. The minimum Gasteiger partial charge on any atom is -0.491 e. The second-order valence-corrected chi connectivity index (χ2v) is 5.66. The topological polar surface area (TPSA) is 36.3 Å². The van der Waals surface area contributed by atoms with Crippen molar-refractivity contribution in [2.75, 3.05) is 26.2 Å². The Bertz CT molecular complexity index is 442. The normalized spacial score (nSPS) is 23.8. The van der Waals surface area contributed by atoms with E-state index in [4.69, 9.17) is 10.00 Å². The van der Waals surface area contributed by atoms with E-state index in [2.05, 4.69) is 24.8 Å². The number of likely N-dealkylation sites (tertiary alicyclic amines) is 1. The summed E-state index contributed by atoms with van der Waals surface area (Å²) < 4.78 is 5.74. The van der Waals surface area contributed by atoms with Gasteiger partial charge in [-0.05, 0) is 30.4 Å². The number of hydrogen-bond acceptors (Lipinski definition) is 3. The summed E-state index contributed by atoms with van der Waals surface area (Å²) in [7, 11) is 0. The van der Waals surface area contributed by atoms with E-state index in [0.717, 1.165) is 31.5 Å². The monoisotopic (exact) mass is 258 g/mol. The number of rotatable bonds is 4. The first kappa shape index (κ1) is 13.9. The zero-order chi connectivity index (χ0) is 13.7. The number of ether oxygens (including phenoxy) is 1. The van der Waals surface area contributed by atoms with Gasteiger partial charge in [-0.2, -0.15) is 5.26 Å². The fourth-order valence-corrected chi connectivity index (χ4v) is 2.94. The predicted molar refractivity (Wildman–Crippen MR) is 76.0 cm³/mol. The zero-order valence-electron chi connectivity index (χ0n) is 11.8. The third-order valence-electron chi connectivity index (χ3n) is 3.62. The van der Waals surface area contributed by atoms with E-state index in [1.807, 2.05) is 18.2 Å². The molecule has 0 aromatic heterocycles. The van der Waals surface area contributed by atoms with Crippen molar-refractivity contribution in [2.24, 2.45) is 11.8 Å². The van der Waals surface area contributed by atoms with E-state index in [-0.39, 0.29) is 0 Å². The van der Waals surface area contributed by atoms with Gasteiger partial charge >= 0.3 is 0 Å². The molecule has 2 rings (SSSR count). The van der Waals surface area contributed by atoms with Gasteiger partial charge in [-0.15, -0.1) is 0 Å². The highest BCUT2D eigenvalue weighted by atomic mass is 16.5. The number of nitriles is 1. The number of hydrogen-bond donors (Lipinski definition) is 0. The number of piperidine rings is 1. The zero-order valence-corrected chi connectivity index (χ0v) is 11.8. The first-order valence-corrected chi connectivity index (χ1v) is 7.03. The molecule has 1 fully saturated rings. The van der Waals surface area contributed by atoms with Crippen molar-refractivity contribution in [1.29, 1.82) is 5.26 Å². The van der Waals surface area contributed by atoms with Crippen LogP contribution in [0.2, 0.25) is 0 Å². The first-order valence-electron chi connectivity index (χ1n) is 7.03. The van der Waals surface area contributed by atoms with Gasteiger partial charge in [-0.1, -0.05) is 26.0 Å². The third-order valence-corrected chi connectivity index (χ3v) is 3.62. The van der Waals surface area contributed by atoms with Gasteiger partial charge in [0.05, 0.1) is 5.56 Å². The van der Waals surface area contributed by atoms with Crippen LogP contribution < -0.4 is 4.74 Å². The molecule has 19 heavy (non-hydrogen) atoms. The largest absolute Gasteiger partial charge is 0.491 e. The van der Waals surface area contributed by atoms with Gasteiger partial charge in [0.2, 0.25) is 0 Å². The van der Waals surface area contributed by atoms with Crippen LogP contribution in [0.1, 0.15) is 25.8 Å². The minimum atomic E-state index is 0.614. The molecule has 0 radical (unpaired) electrons. The third kappa shape index (κ3) is 3.97. The second kappa shape index (κ2) is 6.58. The smallest absolute Gasteiger partial charge is 0.137 e. The van der Waals surface area contributed by atoms with Crippen LogP contribution in [0.25, 0.3) is 0 Å². The summed E-state index contributed by atoms with van der Waals surface area (Å²) in [4.78, 5) is 2.47. The molecule has 0 bridgehead atoms. The summed E-state index contributed by atoms with van der Waals surface area (Å²) in [6, 6.07) is 9.58. The van der Waals surface area contributed by atoms with Gasteiger partial charge in [0.15, 0.2) is 0 Å². The van der Waals surface area contributed by atoms with Gasteiger partial charge < -0.3 is 4.74 Å². The molecule has 102 valence electrons. The maximum atomic E-state index is 9.00. The maximum Gasteiger partial charge on any atom is 0.137 e. The summed E-state index contributed by atoms with van der Waals surface area (Å²) in [6.07, 6.45) is 1.33. The van der Waals surface area contributed by atoms with E-state index < -0.39 is 0 Å². The van der Waals surface area contributed by atoms with Crippen LogP contribution >= 0.6 is 0 Å². The minimum absolute atomic E-state index is 0.614. The Labute approximate surface area is 115 Å². The molecular weight excluding hydrogens is 236 g/mol. The first-order chi connectivity index (χ1) is 9.19. The van der Waals surface area contributed by atoms with Gasteiger partial charge in [-0.25, -0.2) is 0 Å². The Balaban J connectivity index is 1.82. The Kier molecular flexibility index (Phi) is 4.81. The van der Waals surface area contributed by atoms with Gasteiger partial charge in [0, 0.05) is 19.6 Å². The molecule has 1 heterocycles. The highest BCUT2D eigenvalue weighted by molar-refractivity contribution is 5.42.